The van der Waals surface area contributed by atoms with Crippen molar-refractivity contribution in [3.8, 4) is 11.8 Å². The molecule has 0 atom stereocenters. The zero-order valence-electron chi connectivity index (χ0n) is 13.0. The maximum atomic E-state index is 11.7. The molecule has 0 aromatic heterocycles. The number of nitrogens with one attached hydrogen (secondary N) is 1. The van der Waals surface area contributed by atoms with Gasteiger partial charge < -0.3 is 4.74 Å². The van der Waals surface area contributed by atoms with Crippen molar-refractivity contribution >= 4 is 12.1 Å². The minimum absolute atomic E-state index is 0.206. The molecule has 5 heteroatoms. The highest BCUT2D eigenvalue weighted by Crippen LogP contribution is 2.16. The number of ether oxygens (including phenoxy) is 1. The van der Waals surface area contributed by atoms with Crippen LogP contribution in [0.15, 0.2) is 47.6 Å². The van der Waals surface area contributed by atoms with E-state index < -0.39 is 0 Å². The molecule has 2 aromatic carbocycles. The summed E-state index contributed by atoms with van der Waals surface area (Å²) in [5.74, 6) is -0.0112. The van der Waals surface area contributed by atoms with Crippen LogP contribution < -0.4 is 10.2 Å². The van der Waals surface area contributed by atoms with Gasteiger partial charge in [-0.1, -0.05) is 35.9 Å². The van der Waals surface area contributed by atoms with Crippen LogP contribution in [-0.4, -0.2) is 18.7 Å². The molecule has 116 valence electrons. The predicted molar refractivity (Wildman–Crippen MR) is 88.3 cm³/mol. The van der Waals surface area contributed by atoms with Gasteiger partial charge in [0.2, 0.25) is 0 Å². The number of carbonyl (C=O) groups is 1. The lowest BCUT2D eigenvalue weighted by atomic mass is 10.1. The molecule has 0 aliphatic heterocycles. The molecule has 1 amide bonds. The molecular weight excluding hydrogens is 290 g/mol. The van der Waals surface area contributed by atoms with E-state index in [4.69, 9.17) is 10.00 Å². The number of benzene rings is 2. The number of para-hydroxylation sites is 1. The molecule has 0 saturated carbocycles. The molecule has 0 bridgehead atoms. The second-order valence-corrected chi connectivity index (χ2v) is 5.05. The maximum absolute atomic E-state index is 11.7. The fourth-order valence-corrected chi connectivity index (χ4v) is 1.93. The predicted octanol–water partition coefficient (Wildman–Crippen LogP) is 2.70. The molecule has 5 nitrogen and oxygen atoms in total. The van der Waals surface area contributed by atoms with Crippen molar-refractivity contribution in [1.82, 2.24) is 5.43 Å². The first-order valence-corrected chi connectivity index (χ1v) is 7.11. The van der Waals surface area contributed by atoms with E-state index in [1.807, 2.05) is 38.1 Å². The van der Waals surface area contributed by atoms with Gasteiger partial charge in [-0.2, -0.15) is 10.4 Å². The van der Waals surface area contributed by atoms with Gasteiger partial charge in [0.25, 0.3) is 5.91 Å². The van der Waals surface area contributed by atoms with Gasteiger partial charge in [-0.05, 0) is 37.1 Å². The van der Waals surface area contributed by atoms with E-state index in [0.717, 1.165) is 16.7 Å². The Morgan fingerprint density at radius 3 is 2.87 bits per heavy atom. The smallest absolute Gasteiger partial charge is 0.277 e. The third kappa shape index (κ3) is 4.68. The van der Waals surface area contributed by atoms with E-state index in [0.29, 0.717) is 11.3 Å². The van der Waals surface area contributed by atoms with Gasteiger partial charge in [-0.3, -0.25) is 4.79 Å². The van der Waals surface area contributed by atoms with Crippen LogP contribution in [0.3, 0.4) is 0 Å². The molecule has 0 fully saturated rings. The van der Waals surface area contributed by atoms with Crippen molar-refractivity contribution in [2.24, 2.45) is 5.10 Å². The summed E-state index contributed by atoms with van der Waals surface area (Å²) in [4.78, 5) is 11.7. The molecule has 1 N–H and O–H groups in total. The van der Waals surface area contributed by atoms with Crippen molar-refractivity contribution in [2.75, 3.05) is 6.61 Å². The van der Waals surface area contributed by atoms with Gasteiger partial charge in [0.1, 0.15) is 11.8 Å². The van der Waals surface area contributed by atoms with E-state index in [9.17, 15) is 4.79 Å². The van der Waals surface area contributed by atoms with E-state index in [-0.39, 0.29) is 12.5 Å². The lowest BCUT2D eigenvalue weighted by Crippen LogP contribution is -2.24. The highest BCUT2D eigenvalue weighted by Gasteiger charge is 2.05. The highest BCUT2D eigenvalue weighted by molar-refractivity contribution is 5.84. The van der Waals surface area contributed by atoms with Crippen LogP contribution in [0.2, 0.25) is 0 Å². The number of hydrogen-bond acceptors (Lipinski definition) is 4. The summed E-state index contributed by atoms with van der Waals surface area (Å²) in [6.45, 7) is 3.77. The maximum Gasteiger partial charge on any atom is 0.277 e. The number of carbonyl (C=O) groups excluding carboxylic acids is 1. The number of hydrogen-bond donors (Lipinski definition) is 1. The van der Waals surface area contributed by atoms with E-state index in [2.05, 4.69) is 10.5 Å². The molecule has 0 heterocycles. The van der Waals surface area contributed by atoms with Crippen molar-refractivity contribution in [3.63, 3.8) is 0 Å². The Morgan fingerprint density at radius 2 is 2.09 bits per heavy atom. The van der Waals surface area contributed by atoms with Crippen molar-refractivity contribution in [1.29, 1.82) is 5.26 Å². The average Bonchev–Trinajstić information content (AvgIpc) is 2.56. The molecule has 0 saturated heterocycles. The monoisotopic (exact) mass is 307 g/mol. The van der Waals surface area contributed by atoms with Gasteiger partial charge >= 0.3 is 0 Å². The van der Waals surface area contributed by atoms with Crippen molar-refractivity contribution in [2.45, 2.75) is 13.8 Å². The Hall–Kier alpha value is -3.13. The molecule has 2 aromatic rings. The van der Waals surface area contributed by atoms with Gasteiger partial charge in [0, 0.05) is 0 Å². The summed E-state index contributed by atoms with van der Waals surface area (Å²) >= 11 is 0. The van der Waals surface area contributed by atoms with E-state index in [1.165, 1.54) is 0 Å². The minimum atomic E-state index is -0.390. The second kappa shape index (κ2) is 7.76. The first-order valence-electron chi connectivity index (χ1n) is 7.11. The summed E-state index contributed by atoms with van der Waals surface area (Å²) < 4.78 is 5.33. The van der Waals surface area contributed by atoms with E-state index >= 15 is 0 Å². The summed E-state index contributed by atoms with van der Waals surface area (Å²) in [7, 11) is 0. The lowest BCUT2D eigenvalue weighted by Gasteiger charge is -2.06. The Balaban J connectivity index is 1.89. The Morgan fingerprint density at radius 1 is 1.30 bits per heavy atom. The summed E-state index contributed by atoms with van der Waals surface area (Å²) in [5, 5.41) is 12.9. The number of rotatable bonds is 5. The highest BCUT2D eigenvalue weighted by atomic mass is 16.5. The molecular formula is C18H17N3O2. The van der Waals surface area contributed by atoms with Crippen LogP contribution in [0, 0.1) is 25.2 Å². The topological polar surface area (TPSA) is 74.5 Å². The quantitative estimate of drug-likeness (QED) is 0.681. The first kappa shape index (κ1) is 16.2. The number of nitriles is 1. The molecule has 0 aliphatic carbocycles. The number of hydrazone groups is 1. The third-order valence-electron chi connectivity index (χ3n) is 3.19. The number of nitrogens with zero attached hydrogens (tertiary/aromatic N) is 2. The SMILES string of the molecule is Cc1ccc(C)c(/C=N\NC(=O)COc2ccccc2C#N)c1. The molecule has 2 rings (SSSR count). The van der Waals surface area contributed by atoms with Crippen LogP contribution in [0.5, 0.6) is 5.75 Å². The summed E-state index contributed by atoms with van der Waals surface area (Å²) in [6.07, 6.45) is 1.60. The largest absolute Gasteiger partial charge is 0.482 e. The molecule has 0 radical (unpaired) electrons. The molecule has 0 aliphatic rings. The van der Waals surface area contributed by atoms with Gasteiger partial charge in [0.05, 0.1) is 11.8 Å². The fraction of sp³-hybridized carbons (Fsp3) is 0.167. The van der Waals surface area contributed by atoms with E-state index in [1.54, 1.807) is 30.5 Å². The number of amides is 1. The molecule has 0 unspecified atom stereocenters. The standard InChI is InChI=1S/C18H17N3O2/c1-13-7-8-14(2)16(9-13)11-20-21-18(22)12-23-17-6-4-3-5-15(17)10-19/h3-9,11H,12H2,1-2H3,(H,21,22)/b20-11-. The van der Waals surface area contributed by atoms with Crippen molar-refractivity contribution in [3.05, 3.63) is 64.7 Å². The van der Waals surface area contributed by atoms with Gasteiger partial charge in [-0.15, -0.1) is 0 Å². The lowest BCUT2D eigenvalue weighted by molar-refractivity contribution is -0.123. The van der Waals surface area contributed by atoms with Crippen LogP contribution in [0.1, 0.15) is 22.3 Å². The van der Waals surface area contributed by atoms with Gasteiger partial charge in [-0.25, -0.2) is 5.43 Å². The first-order chi connectivity index (χ1) is 11.1. The molecule has 0 spiro atoms. The fourth-order valence-electron chi connectivity index (χ4n) is 1.93. The zero-order valence-corrected chi connectivity index (χ0v) is 13.0. The Kier molecular flexibility index (Phi) is 5.48. The third-order valence-corrected chi connectivity index (χ3v) is 3.19. The van der Waals surface area contributed by atoms with Crippen LogP contribution >= 0.6 is 0 Å². The Labute approximate surface area is 135 Å². The Bertz CT molecular complexity index is 776. The van der Waals surface area contributed by atoms with Gasteiger partial charge in [0.15, 0.2) is 6.61 Å². The van der Waals surface area contributed by atoms with Crippen molar-refractivity contribution < 1.29 is 9.53 Å². The summed E-state index contributed by atoms with van der Waals surface area (Å²) in [5.41, 5.74) is 5.94. The van der Waals surface area contributed by atoms with Crippen LogP contribution in [0.25, 0.3) is 0 Å². The van der Waals surface area contributed by atoms with Crippen LogP contribution in [-0.2, 0) is 4.79 Å². The van der Waals surface area contributed by atoms with Crippen LogP contribution in [0.4, 0.5) is 0 Å². The second-order valence-electron chi connectivity index (χ2n) is 5.05. The average molecular weight is 307 g/mol. The normalized spacial score (nSPS) is 10.3. The summed E-state index contributed by atoms with van der Waals surface area (Å²) in [6, 6.07) is 14.8. The zero-order chi connectivity index (χ0) is 16.7. The minimum Gasteiger partial charge on any atom is -0.482 e. The molecule has 23 heavy (non-hydrogen) atoms. The number of aryl methyl sites for hydroxylation is 2.